The maximum atomic E-state index is 11.9. The quantitative estimate of drug-likeness (QED) is 0.220. The van der Waals surface area contributed by atoms with Crippen LogP contribution in [0, 0.1) is 6.92 Å². The maximum absolute atomic E-state index is 11.9. The van der Waals surface area contributed by atoms with Crippen LogP contribution in [0.15, 0.2) is 24.4 Å². The Hall–Kier alpha value is -2.88. The van der Waals surface area contributed by atoms with Gasteiger partial charge in [0.1, 0.15) is 23.0 Å². The van der Waals surface area contributed by atoms with Crippen molar-refractivity contribution in [1.82, 2.24) is 25.2 Å². The lowest BCUT2D eigenvalue weighted by atomic mass is 10.2. The number of unbranched alkanes of at least 4 members (excludes halogenated alkanes) is 1. The van der Waals surface area contributed by atoms with E-state index >= 15 is 0 Å². The van der Waals surface area contributed by atoms with Gasteiger partial charge >= 0.3 is 5.97 Å². The van der Waals surface area contributed by atoms with Gasteiger partial charge in [-0.15, -0.1) is 0 Å². The number of benzene rings is 1. The summed E-state index contributed by atoms with van der Waals surface area (Å²) in [6.45, 7) is 6.80. The van der Waals surface area contributed by atoms with Gasteiger partial charge < -0.3 is 30.0 Å². The van der Waals surface area contributed by atoms with E-state index in [1.54, 1.807) is 12.1 Å². The molecule has 0 atom stereocenters. The van der Waals surface area contributed by atoms with Gasteiger partial charge in [0, 0.05) is 24.5 Å². The van der Waals surface area contributed by atoms with E-state index in [9.17, 15) is 4.79 Å². The van der Waals surface area contributed by atoms with Crippen molar-refractivity contribution in [3.8, 4) is 5.75 Å². The number of carbonyl (C=O) groups excluding carboxylic acids is 1. The predicted octanol–water partition coefficient (Wildman–Crippen LogP) is 4.43. The molecule has 0 amide bonds. The van der Waals surface area contributed by atoms with Crippen LogP contribution >= 0.6 is 11.6 Å². The number of esters is 1. The van der Waals surface area contributed by atoms with Gasteiger partial charge in [0.15, 0.2) is 6.61 Å². The van der Waals surface area contributed by atoms with Crippen molar-refractivity contribution < 1.29 is 14.3 Å². The molecule has 190 valence electrons. The van der Waals surface area contributed by atoms with Crippen molar-refractivity contribution in [2.24, 2.45) is 0 Å². The van der Waals surface area contributed by atoms with E-state index in [1.807, 2.05) is 33.2 Å². The molecule has 2 aromatic heterocycles. The zero-order valence-corrected chi connectivity index (χ0v) is 21.7. The monoisotopic (exact) mass is 502 g/mol. The Morgan fingerprint density at radius 2 is 2.09 bits per heavy atom. The molecule has 0 saturated carbocycles. The molecule has 35 heavy (non-hydrogen) atoms. The fraction of sp³-hybridized carbons (Fsp3) is 0.480. The number of halogens is 1. The molecule has 0 bridgehead atoms. The maximum Gasteiger partial charge on any atom is 0.344 e. The molecule has 9 nitrogen and oxygen atoms in total. The van der Waals surface area contributed by atoms with Crippen LogP contribution in [-0.2, 0) is 16.1 Å². The molecule has 0 radical (unpaired) electrons. The van der Waals surface area contributed by atoms with Gasteiger partial charge in [0.25, 0.3) is 0 Å². The lowest BCUT2D eigenvalue weighted by molar-refractivity contribution is -0.146. The lowest BCUT2D eigenvalue weighted by Gasteiger charge is -2.17. The molecule has 3 rings (SSSR count). The van der Waals surface area contributed by atoms with Crippen LogP contribution in [-0.4, -0.2) is 66.2 Å². The number of fused-ring (bicyclic) bond motifs is 1. The van der Waals surface area contributed by atoms with E-state index < -0.39 is 5.97 Å². The number of hydrogen-bond acceptors (Lipinski definition) is 8. The van der Waals surface area contributed by atoms with E-state index in [4.69, 9.17) is 21.1 Å². The molecule has 3 aromatic rings. The number of anilines is 2. The highest BCUT2D eigenvalue weighted by atomic mass is 35.5. The number of rotatable bonds is 14. The summed E-state index contributed by atoms with van der Waals surface area (Å²) in [4.78, 5) is 26.7. The van der Waals surface area contributed by atoms with Crippen LogP contribution in [0.2, 0.25) is 5.02 Å². The van der Waals surface area contributed by atoms with Gasteiger partial charge in [0.2, 0.25) is 0 Å². The first kappa shape index (κ1) is 26.7. The van der Waals surface area contributed by atoms with E-state index in [0.29, 0.717) is 29.0 Å². The van der Waals surface area contributed by atoms with Gasteiger partial charge in [0.05, 0.1) is 17.0 Å². The van der Waals surface area contributed by atoms with Gasteiger partial charge in [-0.05, 0) is 64.6 Å². The fourth-order valence-electron chi connectivity index (χ4n) is 3.66. The second kappa shape index (κ2) is 13.3. The molecule has 0 spiro atoms. The Bertz CT molecular complexity index is 1120. The summed E-state index contributed by atoms with van der Waals surface area (Å²) in [6, 6.07) is 5.32. The van der Waals surface area contributed by atoms with E-state index in [2.05, 4.69) is 37.5 Å². The van der Waals surface area contributed by atoms with Crippen molar-refractivity contribution in [2.75, 3.05) is 45.7 Å². The molecule has 2 heterocycles. The third kappa shape index (κ3) is 7.81. The highest BCUT2D eigenvalue weighted by Crippen LogP contribution is 2.32. The van der Waals surface area contributed by atoms with E-state index in [-0.39, 0.29) is 6.61 Å². The minimum Gasteiger partial charge on any atom is -0.480 e. The van der Waals surface area contributed by atoms with Crippen molar-refractivity contribution in [2.45, 2.75) is 39.7 Å². The zero-order chi connectivity index (χ0) is 25.2. The standard InChI is InChI=1S/C25H35ClN6O3/c1-5-6-12-34-22(33)16-35-21-13-19(8-9-20(21)26)31-25-23-18(15-32(4)11-7-10-27-3)14-28-24(23)29-17(2)30-25/h8-9,13-14,27H,5-7,10-12,15-16H2,1-4H3,(H2,28,29,30,31). The van der Waals surface area contributed by atoms with Crippen LogP contribution < -0.4 is 15.4 Å². The Morgan fingerprint density at radius 1 is 1.26 bits per heavy atom. The van der Waals surface area contributed by atoms with Crippen molar-refractivity contribution in [1.29, 1.82) is 0 Å². The average Bonchev–Trinajstić information content (AvgIpc) is 3.22. The topological polar surface area (TPSA) is 104 Å². The number of nitrogens with one attached hydrogen (secondary N) is 3. The third-order valence-corrected chi connectivity index (χ3v) is 5.74. The Labute approximate surface area is 211 Å². The second-order valence-corrected chi connectivity index (χ2v) is 8.89. The molecule has 3 N–H and O–H groups in total. The van der Waals surface area contributed by atoms with Gasteiger partial charge in [-0.3, -0.25) is 0 Å². The second-order valence-electron chi connectivity index (χ2n) is 8.48. The van der Waals surface area contributed by atoms with Gasteiger partial charge in [-0.25, -0.2) is 14.8 Å². The lowest BCUT2D eigenvalue weighted by Crippen LogP contribution is -2.22. The summed E-state index contributed by atoms with van der Waals surface area (Å²) in [6.07, 6.45) is 4.83. The molecular weight excluding hydrogens is 468 g/mol. The summed E-state index contributed by atoms with van der Waals surface area (Å²) in [5, 5.41) is 7.91. The minimum atomic E-state index is -0.420. The highest BCUT2D eigenvalue weighted by Gasteiger charge is 2.15. The Morgan fingerprint density at radius 3 is 2.86 bits per heavy atom. The molecule has 0 aliphatic heterocycles. The number of aromatic nitrogens is 3. The molecule has 0 saturated heterocycles. The molecule has 0 aliphatic carbocycles. The average molecular weight is 503 g/mol. The van der Waals surface area contributed by atoms with Gasteiger partial charge in [-0.1, -0.05) is 24.9 Å². The van der Waals surface area contributed by atoms with Crippen LogP contribution in [0.5, 0.6) is 5.75 Å². The fourth-order valence-corrected chi connectivity index (χ4v) is 3.83. The number of ether oxygens (including phenoxy) is 2. The van der Waals surface area contributed by atoms with Crippen LogP contribution in [0.25, 0.3) is 11.0 Å². The first-order valence-corrected chi connectivity index (χ1v) is 12.3. The first-order valence-electron chi connectivity index (χ1n) is 11.9. The number of aromatic amines is 1. The summed E-state index contributed by atoms with van der Waals surface area (Å²) in [5.74, 6) is 1.32. The molecular formula is C25H35ClN6O3. The summed E-state index contributed by atoms with van der Waals surface area (Å²) in [5.41, 5.74) is 2.62. The number of aryl methyl sites for hydroxylation is 1. The zero-order valence-electron chi connectivity index (χ0n) is 20.9. The van der Waals surface area contributed by atoms with Crippen LogP contribution in [0.1, 0.15) is 37.6 Å². The molecule has 10 heteroatoms. The number of nitrogens with zero attached hydrogens (tertiary/aromatic N) is 3. The number of carbonyl (C=O) groups is 1. The van der Waals surface area contributed by atoms with Crippen LogP contribution in [0.4, 0.5) is 11.5 Å². The highest BCUT2D eigenvalue weighted by molar-refractivity contribution is 6.32. The minimum absolute atomic E-state index is 0.203. The van der Waals surface area contributed by atoms with Crippen molar-refractivity contribution in [3.05, 3.63) is 40.8 Å². The Balaban J connectivity index is 1.76. The largest absolute Gasteiger partial charge is 0.480 e. The molecule has 0 unspecified atom stereocenters. The SMILES string of the molecule is CCCCOC(=O)COc1cc(Nc2nc(C)nc3[nH]cc(CN(C)CCCNC)c23)ccc1Cl. The molecule has 0 aliphatic rings. The molecule has 1 aromatic carbocycles. The molecule has 0 fully saturated rings. The summed E-state index contributed by atoms with van der Waals surface area (Å²) >= 11 is 6.30. The number of H-pyrrole nitrogens is 1. The van der Waals surface area contributed by atoms with E-state index in [0.717, 1.165) is 61.2 Å². The van der Waals surface area contributed by atoms with Gasteiger partial charge in [-0.2, -0.15) is 0 Å². The normalized spacial score (nSPS) is 11.3. The number of hydrogen-bond donors (Lipinski definition) is 3. The smallest absolute Gasteiger partial charge is 0.344 e. The van der Waals surface area contributed by atoms with Crippen LogP contribution in [0.3, 0.4) is 0 Å². The van der Waals surface area contributed by atoms with Crippen molar-refractivity contribution >= 4 is 40.1 Å². The first-order chi connectivity index (χ1) is 16.9. The van der Waals surface area contributed by atoms with E-state index in [1.165, 1.54) is 0 Å². The summed E-state index contributed by atoms with van der Waals surface area (Å²) < 4.78 is 10.8. The Kier molecular flexibility index (Phi) is 10.1. The predicted molar refractivity (Wildman–Crippen MR) is 140 cm³/mol. The summed E-state index contributed by atoms with van der Waals surface area (Å²) in [7, 11) is 4.07. The third-order valence-electron chi connectivity index (χ3n) is 5.43. The van der Waals surface area contributed by atoms with Crippen molar-refractivity contribution in [3.63, 3.8) is 0 Å².